The predicted molar refractivity (Wildman–Crippen MR) is 84.2 cm³/mol. The molecule has 0 aliphatic heterocycles. The molecule has 0 fully saturated rings. The molecule has 5 rings (SSSR count). The van der Waals surface area contributed by atoms with E-state index in [2.05, 4.69) is 57.2 Å². The van der Waals surface area contributed by atoms with Crippen LogP contribution in [0.2, 0.25) is 0 Å². The number of rotatable bonds is 0. The van der Waals surface area contributed by atoms with E-state index in [0.29, 0.717) is 0 Å². The van der Waals surface area contributed by atoms with Crippen molar-refractivity contribution >= 4 is 5.69 Å². The molecule has 3 aliphatic rings. The lowest BCUT2D eigenvalue weighted by molar-refractivity contribution is 0.327. The molecule has 0 saturated carbocycles. The van der Waals surface area contributed by atoms with Crippen LogP contribution < -0.4 is 5.73 Å². The van der Waals surface area contributed by atoms with Gasteiger partial charge in [0.25, 0.3) is 0 Å². The molecule has 2 N–H and O–H groups in total. The van der Waals surface area contributed by atoms with Gasteiger partial charge in [0, 0.05) is 16.5 Å². The lowest BCUT2D eigenvalue weighted by Gasteiger charge is -2.53. The number of hydrogen-bond donors (Lipinski definition) is 1. The first-order valence-electron chi connectivity index (χ1n) is 7.47. The molecular formula is C19H21N. The van der Waals surface area contributed by atoms with Gasteiger partial charge in [0.05, 0.1) is 0 Å². The highest BCUT2D eigenvalue weighted by atomic mass is 14.6. The Morgan fingerprint density at radius 2 is 1.35 bits per heavy atom. The van der Waals surface area contributed by atoms with Gasteiger partial charge in [0.2, 0.25) is 0 Å². The minimum atomic E-state index is 0.129. The quantitative estimate of drug-likeness (QED) is 0.705. The van der Waals surface area contributed by atoms with E-state index in [1.54, 1.807) is 0 Å². The first-order chi connectivity index (χ1) is 9.45. The molecule has 20 heavy (non-hydrogen) atoms. The molecular weight excluding hydrogens is 242 g/mol. The number of aryl methyl sites for hydroxylation is 1. The summed E-state index contributed by atoms with van der Waals surface area (Å²) in [6.07, 6.45) is 2.45. The summed E-state index contributed by atoms with van der Waals surface area (Å²) in [7, 11) is 0. The molecule has 2 aromatic carbocycles. The van der Waals surface area contributed by atoms with Crippen LogP contribution in [-0.4, -0.2) is 0 Å². The summed E-state index contributed by atoms with van der Waals surface area (Å²) >= 11 is 0. The highest BCUT2D eigenvalue weighted by molar-refractivity contribution is 5.64. The minimum absolute atomic E-state index is 0.129. The Morgan fingerprint density at radius 3 is 2.05 bits per heavy atom. The van der Waals surface area contributed by atoms with Gasteiger partial charge in [-0.15, -0.1) is 0 Å². The molecule has 1 heteroatoms. The normalized spacial score (nSPS) is 29.9. The van der Waals surface area contributed by atoms with Crippen LogP contribution in [0.4, 0.5) is 5.69 Å². The average Bonchev–Trinajstić information content (AvgIpc) is 2.42. The van der Waals surface area contributed by atoms with Gasteiger partial charge in [-0.3, -0.25) is 0 Å². The molecule has 1 nitrogen and oxygen atoms in total. The molecule has 0 radical (unpaired) electrons. The van der Waals surface area contributed by atoms with Gasteiger partial charge in [0.15, 0.2) is 0 Å². The predicted octanol–water partition coefficient (Wildman–Crippen LogP) is 4.30. The van der Waals surface area contributed by atoms with E-state index in [1.807, 2.05) is 0 Å². The summed E-state index contributed by atoms with van der Waals surface area (Å²) in [5.74, 6) is 0. The van der Waals surface area contributed by atoms with Crippen LogP contribution in [-0.2, 0) is 10.8 Å². The summed E-state index contributed by atoms with van der Waals surface area (Å²) in [6, 6.07) is 13.5. The molecule has 0 saturated heterocycles. The second-order valence-corrected chi connectivity index (χ2v) is 7.02. The molecule has 102 valence electrons. The summed E-state index contributed by atoms with van der Waals surface area (Å²) < 4.78 is 0. The third-order valence-electron chi connectivity index (χ3n) is 5.72. The number of benzene rings is 2. The number of fused-ring (bicyclic) bond motifs is 1. The zero-order valence-corrected chi connectivity index (χ0v) is 12.5. The molecule has 0 heterocycles. The van der Waals surface area contributed by atoms with Crippen molar-refractivity contribution in [1.29, 1.82) is 0 Å². The Hall–Kier alpha value is -1.76. The van der Waals surface area contributed by atoms with Crippen molar-refractivity contribution in [2.75, 3.05) is 5.73 Å². The average molecular weight is 263 g/mol. The van der Waals surface area contributed by atoms with E-state index < -0.39 is 0 Å². The summed E-state index contributed by atoms with van der Waals surface area (Å²) in [4.78, 5) is 0. The highest BCUT2D eigenvalue weighted by Crippen LogP contribution is 2.59. The number of nitrogen functional groups attached to an aromatic ring is 1. The van der Waals surface area contributed by atoms with Gasteiger partial charge in [-0.1, -0.05) is 43.7 Å². The molecule has 2 aromatic rings. The fourth-order valence-corrected chi connectivity index (χ4v) is 4.42. The van der Waals surface area contributed by atoms with Crippen molar-refractivity contribution in [1.82, 2.24) is 0 Å². The summed E-state index contributed by atoms with van der Waals surface area (Å²) in [5, 5.41) is 0. The van der Waals surface area contributed by atoms with E-state index in [1.165, 1.54) is 40.7 Å². The number of hydrogen-bond acceptors (Lipinski definition) is 1. The summed E-state index contributed by atoms with van der Waals surface area (Å²) in [6.45, 7) is 6.98. The van der Waals surface area contributed by atoms with Crippen LogP contribution in [0.1, 0.15) is 54.5 Å². The molecule has 2 bridgehead atoms. The van der Waals surface area contributed by atoms with Crippen molar-refractivity contribution in [3.8, 4) is 0 Å². The second-order valence-electron chi connectivity index (χ2n) is 7.02. The lowest BCUT2D eigenvalue weighted by Crippen LogP contribution is -2.46. The molecule has 2 atom stereocenters. The van der Waals surface area contributed by atoms with E-state index in [-0.39, 0.29) is 10.8 Å². The topological polar surface area (TPSA) is 26.0 Å². The van der Waals surface area contributed by atoms with Crippen molar-refractivity contribution in [3.63, 3.8) is 0 Å². The van der Waals surface area contributed by atoms with Crippen LogP contribution in [0.5, 0.6) is 0 Å². The first-order valence-corrected chi connectivity index (χ1v) is 7.47. The van der Waals surface area contributed by atoms with Crippen LogP contribution in [0, 0.1) is 6.92 Å². The third-order valence-corrected chi connectivity index (χ3v) is 5.72. The van der Waals surface area contributed by atoms with Crippen molar-refractivity contribution < 1.29 is 0 Å². The smallest absolute Gasteiger partial charge is 0.0317 e. The minimum Gasteiger partial charge on any atom is -0.399 e. The first kappa shape index (κ1) is 12.0. The fourth-order valence-electron chi connectivity index (χ4n) is 4.42. The van der Waals surface area contributed by atoms with Gasteiger partial charge in [0.1, 0.15) is 0 Å². The standard InChI is InChI=1S/C19H21N/c1-12-4-6-14-16(10-12)19(3)9-8-18(14,2)15-7-5-13(20)11-17(15)19/h4-7,10-11H,8-9,20H2,1-3H3. The maximum absolute atomic E-state index is 6.07. The Labute approximate surface area is 120 Å². The van der Waals surface area contributed by atoms with Gasteiger partial charge >= 0.3 is 0 Å². The zero-order valence-electron chi connectivity index (χ0n) is 12.5. The molecule has 0 amide bonds. The Kier molecular flexibility index (Phi) is 2.08. The second kappa shape index (κ2) is 3.46. The van der Waals surface area contributed by atoms with Crippen LogP contribution >= 0.6 is 0 Å². The van der Waals surface area contributed by atoms with Crippen molar-refractivity contribution in [2.45, 2.75) is 44.4 Å². The molecule has 2 unspecified atom stereocenters. The van der Waals surface area contributed by atoms with E-state index in [9.17, 15) is 0 Å². The van der Waals surface area contributed by atoms with Crippen LogP contribution in [0.3, 0.4) is 0 Å². The summed E-state index contributed by atoms with van der Waals surface area (Å²) in [5.41, 5.74) is 14.6. The lowest BCUT2D eigenvalue weighted by atomic mass is 9.50. The fraction of sp³-hybridized carbons (Fsp3) is 0.368. The Balaban J connectivity index is 2.12. The van der Waals surface area contributed by atoms with E-state index >= 15 is 0 Å². The Bertz CT molecular complexity index is 673. The molecule has 0 spiro atoms. The molecule has 3 aliphatic carbocycles. The van der Waals surface area contributed by atoms with Gasteiger partial charge in [-0.05, 0) is 54.2 Å². The number of nitrogens with two attached hydrogens (primary N) is 1. The maximum atomic E-state index is 6.07. The zero-order chi connectivity index (χ0) is 14.1. The van der Waals surface area contributed by atoms with Gasteiger partial charge in [-0.2, -0.15) is 0 Å². The third kappa shape index (κ3) is 1.24. The van der Waals surface area contributed by atoms with E-state index in [4.69, 9.17) is 5.73 Å². The highest BCUT2D eigenvalue weighted by Gasteiger charge is 2.51. The van der Waals surface area contributed by atoms with Crippen molar-refractivity contribution in [3.05, 3.63) is 64.2 Å². The molecule has 0 aromatic heterocycles. The Morgan fingerprint density at radius 1 is 0.800 bits per heavy atom. The van der Waals surface area contributed by atoms with Gasteiger partial charge < -0.3 is 5.73 Å². The van der Waals surface area contributed by atoms with Crippen LogP contribution in [0.15, 0.2) is 36.4 Å². The van der Waals surface area contributed by atoms with E-state index in [0.717, 1.165) is 5.69 Å². The number of anilines is 1. The maximum Gasteiger partial charge on any atom is 0.0317 e. The SMILES string of the molecule is Cc1ccc2c(c1)C1(C)CCC2(C)c2ccc(N)cc21. The largest absolute Gasteiger partial charge is 0.399 e. The van der Waals surface area contributed by atoms with Crippen LogP contribution in [0.25, 0.3) is 0 Å². The van der Waals surface area contributed by atoms with Crippen molar-refractivity contribution in [2.24, 2.45) is 0 Å². The van der Waals surface area contributed by atoms with Gasteiger partial charge in [-0.25, -0.2) is 0 Å². The monoisotopic (exact) mass is 263 g/mol.